The molecule has 0 saturated heterocycles. The van der Waals surface area contributed by atoms with Gasteiger partial charge < -0.3 is 0 Å². The Morgan fingerprint density at radius 3 is 1.27 bits per heavy atom. The third-order valence-electron chi connectivity index (χ3n) is 12.6. The first-order valence-corrected chi connectivity index (χ1v) is 37.5. The molecular weight excluding hydrogens is 759 g/mol. The van der Waals surface area contributed by atoms with E-state index in [9.17, 15) is 0 Å². The van der Waals surface area contributed by atoms with Crippen molar-refractivity contribution in [2.45, 2.75) is 109 Å². The summed E-state index contributed by atoms with van der Waals surface area (Å²) in [5.74, 6) is 0. The van der Waals surface area contributed by atoms with Crippen molar-refractivity contribution in [2.24, 2.45) is 0 Å². The molecule has 0 amide bonds. The van der Waals surface area contributed by atoms with Crippen LogP contribution < -0.4 is 0 Å². The Kier molecular flexibility index (Phi) is 10.6. The molecule has 2 aliphatic rings. The number of unbranched alkanes of at least 4 members (excludes halogenated alkanes) is 4. The number of fused-ring (bicyclic) bond motifs is 2. The SMILES string of the molecule is CCCCC[Si](CCCCC)=[Hf]([CH3])([CH3])([CH]1C=Cc2c(-c3c(C)cccc3C)cccc21)[CH]1C=Cc2c(-c3c(C)cccc3C)cccc21. The molecule has 250 valence electrons. The molecule has 2 heteroatoms. The summed E-state index contributed by atoms with van der Waals surface area (Å²) in [4.78, 5) is 0. The van der Waals surface area contributed by atoms with Gasteiger partial charge in [-0.05, 0) is 0 Å². The van der Waals surface area contributed by atoms with Crippen molar-refractivity contribution in [3.05, 3.63) is 129 Å². The van der Waals surface area contributed by atoms with Crippen molar-refractivity contribution in [1.29, 1.82) is 0 Å². The standard InChI is InChI=1S/2C17H15.C10H22Si.2CH3.Hf/c2*1-12-6-3-7-13(2)17(12)16-11-5-9-14-8-4-10-15(14)16;1-3-5-7-9-11-10-8-6-4-2;;;/h2*3-11H,1-2H3;3-10H2,1-2H3;2*1H3;. The maximum absolute atomic E-state index is 3.98. The molecule has 4 aromatic rings. The number of benzene rings is 4. The second kappa shape index (κ2) is 14.4. The van der Waals surface area contributed by atoms with Crippen molar-refractivity contribution in [3.8, 4) is 22.3 Å². The average Bonchev–Trinajstić information content (AvgIpc) is 3.71. The van der Waals surface area contributed by atoms with Gasteiger partial charge in [0.25, 0.3) is 0 Å². The summed E-state index contributed by atoms with van der Waals surface area (Å²) in [5.41, 5.74) is 16.9. The van der Waals surface area contributed by atoms with Crippen LogP contribution in [0.5, 0.6) is 0 Å². The van der Waals surface area contributed by atoms with Crippen LogP contribution in [-0.4, -0.2) is 5.49 Å². The fourth-order valence-electron chi connectivity index (χ4n) is 9.86. The second-order valence-electron chi connectivity index (χ2n) is 16.0. The topological polar surface area (TPSA) is 0 Å². The molecule has 4 aromatic carbocycles. The van der Waals surface area contributed by atoms with Gasteiger partial charge in [-0.2, -0.15) is 0 Å². The van der Waals surface area contributed by atoms with E-state index in [1.807, 2.05) is 0 Å². The molecule has 2 unspecified atom stereocenters. The van der Waals surface area contributed by atoms with Gasteiger partial charge in [0.15, 0.2) is 0 Å². The van der Waals surface area contributed by atoms with Gasteiger partial charge in [-0.15, -0.1) is 0 Å². The molecule has 0 aromatic heterocycles. The summed E-state index contributed by atoms with van der Waals surface area (Å²) in [6.45, 7) is 13.9. The molecule has 0 heterocycles. The molecule has 0 radical (unpaired) electrons. The number of allylic oxidation sites excluding steroid dienone is 2. The first-order chi connectivity index (χ1) is 23.1. The van der Waals surface area contributed by atoms with Gasteiger partial charge in [0.2, 0.25) is 0 Å². The van der Waals surface area contributed by atoms with Gasteiger partial charge in [0.1, 0.15) is 0 Å². The van der Waals surface area contributed by atoms with Crippen molar-refractivity contribution in [1.82, 2.24) is 0 Å². The van der Waals surface area contributed by atoms with E-state index >= 15 is 0 Å². The Hall–Kier alpha value is -2.55. The molecule has 2 aliphatic carbocycles. The van der Waals surface area contributed by atoms with Crippen LogP contribution in [0.1, 0.15) is 104 Å². The van der Waals surface area contributed by atoms with E-state index in [1.54, 1.807) is 11.1 Å². The van der Waals surface area contributed by atoms with E-state index in [-0.39, 0.29) is 0 Å². The Labute approximate surface area is 293 Å². The molecule has 0 spiro atoms. The van der Waals surface area contributed by atoms with Crippen LogP contribution in [-0.2, 0) is 17.1 Å². The predicted octanol–water partition coefficient (Wildman–Crippen LogP) is 14.2. The molecule has 0 nitrogen and oxygen atoms in total. The van der Waals surface area contributed by atoms with Crippen LogP contribution in [0.4, 0.5) is 0 Å². The fraction of sp³-hybridized carbons (Fsp3) is 0.391. The van der Waals surface area contributed by atoms with E-state index in [1.165, 1.54) is 106 Å². The minimum atomic E-state index is -3.98. The van der Waals surface area contributed by atoms with Crippen molar-refractivity contribution in [2.75, 3.05) is 0 Å². The van der Waals surface area contributed by atoms with Gasteiger partial charge in [0, 0.05) is 0 Å². The zero-order valence-corrected chi connectivity index (χ0v) is 35.6. The van der Waals surface area contributed by atoms with E-state index in [4.69, 9.17) is 0 Å². The van der Waals surface area contributed by atoms with Crippen molar-refractivity contribution >= 4 is 17.6 Å². The van der Waals surface area contributed by atoms with Gasteiger partial charge in [0.05, 0.1) is 0 Å². The maximum atomic E-state index is 2.97. The monoisotopic (exact) mass is 818 g/mol. The van der Waals surface area contributed by atoms with E-state index in [2.05, 4.69) is 148 Å². The first-order valence-electron chi connectivity index (χ1n) is 18.9. The molecule has 0 N–H and O–H groups in total. The third kappa shape index (κ3) is 6.08. The molecule has 0 saturated carbocycles. The molecule has 0 bridgehead atoms. The summed E-state index contributed by atoms with van der Waals surface area (Å²) >= 11 is -3.98. The van der Waals surface area contributed by atoms with E-state index in [0.717, 1.165) is 0 Å². The fourth-order valence-corrected chi connectivity index (χ4v) is 63.4. The minimum absolute atomic E-state index is 0.572. The van der Waals surface area contributed by atoms with Crippen LogP contribution in [0.2, 0.25) is 21.4 Å². The Morgan fingerprint density at radius 2 is 0.896 bits per heavy atom. The second-order valence-corrected chi connectivity index (χ2v) is 61.9. The Bertz CT molecular complexity index is 1790. The summed E-state index contributed by atoms with van der Waals surface area (Å²) < 4.78 is 7.08. The number of rotatable bonds is 12. The molecule has 6 rings (SSSR count). The number of aryl methyl sites for hydroxylation is 4. The third-order valence-corrected chi connectivity index (χ3v) is 68.6. The normalized spacial score (nSPS) is 16.8. The van der Waals surface area contributed by atoms with E-state index < -0.39 is 22.6 Å². The van der Waals surface area contributed by atoms with Gasteiger partial charge in [-0.25, -0.2) is 0 Å². The average molecular weight is 818 g/mol. The van der Waals surface area contributed by atoms with E-state index in [0.29, 0.717) is 7.35 Å². The summed E-state index contributed by atoms with van der Waals surface area (Å²) in [7, 11) is 0. The zero-order chi connectivity index (χ0) is 34.1. The number of hydrogen-bond donors (Lipinski definition) is 0. The quantitative estimate of drug-likeness (QED) is 0.0987. The molecular formula is C46H58HfSi. The van der Waals surface area contributed by atoms with Crippen LogP contribution in [0, 0.1) is 27.7 Å². The predicted molar refractivity (Wildman–Crippen MR) is 212 cm³/mol. The van der Waals surface area contributed by atoms with Gasteiger partial charge in [-0.1, -0.05) is 0 Å². The van der Waals surface area contributed by atoms with Gasteiger partial charge >= 0.3 is 295 Å². The summed E-state index contributed by atoms with van der Waals surface area (Å²) in [6, 6.07) is 31.2. The van der Waals surface area contributed by atoms with Crippen LogP contribution in [0.15, 0.2) is 84.9 Å². The first kappa shape index (κ1) is 35.3. The zero-order valence-electron chi connectivity index (χ0n) is 31.0. The van der Waals surface area contributed by atoms with Gasteiger partial charge in [-0.3, -0.25) is 0 Å². The Morgan fingerprint density at radius 1 is 0.521 bits per heavy atom. The van der Waals surface area contributed by atoms with Crippen LogP contribution >= 0.6 is 0 Å². The molecule has 48 heavy (non-hydrogen) atoms. The summed E-state index contributed by atoms with van der Waals surface area (Å²) in [5, 5.41) is 0. The Balaban J connectivity index is 1.61. The van der Waals surface area contributed by atoms with Crippen molar-refractivity contribution < 1.29 is 17.1 Å². The molecule has 0 fully saturated rings. The number of hydrogen-bond acceptors (Lipinski definition) is 0. The summed E-state index contributed by atoms with van der Waals surface area (Å²) in [6.07, 6.45) is 18.8. The van der Waals surface area contributed by atoms with Crippen LogP contribution in [0.3, 0.4) is 0 Å². The van der Waals surface area contributed by atoms with Crippen molar-refractivity contribution in [3.63, 3.8) is 0 Å². The molecule has 0 aliphatic heterocycles. The molecule has 2 atom stereocenters. The van der Waals surface area contributed by atoms with Crippen LogP contribution in [0.25, 0.3) is 34.4 Å².